The van der Waals surface area contributed by atoms with Crippen molar-refractivity contribution in [1.82, 2.24) is 0 Å². The lowest BCUT2D eigenvalue weighted by Crippen LogP contribution is -2.30. The van der Waals surface area contributed by atoms with Crippen molar-refractivity contribution in [1.29, 1.82) is 0 Å². The van der Waals surface area contributed by atoms with Crippen molar-refractivity contribution in [3.05, 3.63) is 85.1 Å². The minimum Gasteiger partial charge on any atom is -0.462 e. The van der Waals surface area contributed by atoms with Crippen LogP contribution in [0.15, 0.2) is 85.1 Å². The average molecular weight is 1060 g/mol. The van der Waals surface area contributed by atoms with Gasteiger partial charge < -0.3 is 24.2 Å². The molecule has 0 aromatic carbocycles. The standard InChI is InChI=1S/C62H107O11P/c1-4-7-10-13-16-19-22-25-28-29-32-33-36-39-42-45-48-51-60(64)69-55-59(73-62(66)53-50-47-44-41-38-35-31-27-24-21-18-15-12-9-6-3)57-71-74(67,68)70-56-58(54-63)72-61(65)52-49-46-43-40-37-34-30-26-23-20-17-14-11-8-5-2/h9,12,16,18-19,21,25,27-28,31,38,41,47,50,58-59,63H,4-8,10-11,13-15,17,20,22-24,26,29-30,32-37,39-40,42-46,48-49,51-57H2,1-3H3,(H,67,68)/b12-9-,19-16-,21-18-,28-25-,31-27-,41-38-,50-47-. The first kappa shape index (κ1) is 70.7. The summed E-state index contributed by atoms with van der Waals surface area (Å²) in [6.45, 7) is 4.40. The van der Waals surface area contributed by atoms with E-state index in [9.17, 15) is 28.9 Å². The monoisotopic (exact) mass is 1060 g/mol. The Kier molecular flexibility index (Phi) is 53.4. The van der Waals surface area contributed by atoms with Crippen LogP contribution in [-0.2, 0) is 42.2 Å². The van der Waals surface area contributed by atoms with Crippen LogP contribution in [0.2, 0.25) is 0 Å². The molecule has 12 heteroatoms. The van der Waals surface area contributed by atoms with Gasteiger partial charge in [-0.3, -0.25) is 23.4 Å². The molecule has 74 heavy (non-hydrogen) atoms. The molecular weight excluding hydrogens is 952 g/mol. The number of carbonyl (C=O) groups excluding carboxylic acids is 3. The third-order valence-electron chi connectivity index (χ3n) is 12.3. The van der Waals surface area contributed by atoms with E-state index in [4.69, 9.17) is 23.3 Å². The molecule has 0 aliphatic carbocycles. The fourth-order valence-electron chi connectivity index (χ4n) is 7.87. The molecule has 0 rings (SSSR count). The zero-order valence-electron chi connectivity index (χ0n) is 47.0. The summed E-state index contributed by atoms with van der Waals surface area (Å²) >= 11 is 0. The summed E-state index contributed by atoms with van der Waals surface area (Å²) in [5, 5.41) is 9.82. The van der Waals surface area contributed by atoms with Crippen LogP contribution in [0.25, 0.3) is 0 Å². The van der Waals surface area contributed by atoms with Crippen molar-refractivity contribution < 1.29 is 52.2 Å². The molecule has 3 atom stereocenters. The van der Waals surface area contributed by atoms with Crippen LogP contribution in [-0.4, -0.2) is 66.5 Å². The van der Waals surface area contributed by atoms with Gasteiger partial charge in [0.05, 0.1) is 26.2 Å². The van der Waals surface area contributed by atoms with Gasteiger partial charge in [0.15, 0.2) is 6.10 Å². The first-order chi connectivity index (χ1) is 36.2. The van der Waals surface area contributed by atoms with Gasteiger partial charge in [-0.1, -0.05) is 241 Å². The molecule has 11 nitrogen and oxygen atoms in total. The number of phosphoric ester groups is 1. The SMILES string of the molecule is CC/C=C\C/C=C\C/C=C\C/C=C\C/C=C\CC(=O)OC(COC(=O)CCCCCCCCC/C=C\C/C=C\CCCCC)COP(=O)(O)OCC(CO)OC(=O)CCCCCCCCCCCCCCCCC. The lowest BCUT2D eigenvalue weighted by Gasteiger charge is -2.21. The van der Waals surface area contributed by atoms with Crippen LogP contribution >= 0.6 is 7.82 Å². The molecule has 0 aliphatic heterocycles. The summed E-state index contributed by atoms with van der Waals surface area (Å²) in [7, 11) is -4.78. The number of aliphatic hydroxyl groups is 1. The van der Waals surface area contributed by atoms with Crippen LogP contribution in [0.3, 0.4) is 0 Å². The molecule has 0 spiro atoms. The van der Waals surface area contributed by atoms with Gasteiger partial charge in [-0.2, -0.15) is 0 Å². The van der Waals surface area contributed by atoms with Gasteiger partial charge in [-0.05, 0) is 77.0 Å². The maximum Gasteiger partial charge on any atom is 0.472 e. The molecule has 426 valence electrons. The first-order valence-electron chi connectivity index (χ1n) is 29.5. The van der Waals surface area contributed by atoms with E-state index in [-0.39, 0.29) is 25.9 Å². The van der Waals surface area contributed by atoms with Gasteiger partial charge in [-0.15, -0.1) is 0 Å². The number of esters is 3. The van der Waals surface area contributed by atoms with Gasteiger partial charge in [0, 0.05) is 12.8 Å². The Bertz CT molecular complexity index is 1560. The Morgan fingerprint density at radius 2 is 0.757 bits per heavy atom. The fourth-order valence-corrected chi connectivity index (χ4v) is 8.66. The van der Waals surface area contributed by atoms with E-state index >= 15 is 0 Å². The van der Waals surface area contributed by atoms with Crippen LogP contribution in [0, 0.1) is 0 Å². The van der Waals surface area contributed by atoms with Crippen molar-refractivity contribution in [3.8, 4) is 0 Å². The Hall–Kier alpha value is -3.34. The Balaban J connectivity index is 4.80. The summed E-state index contributed by atoms with van der Waals surface area (Å²) in [6.07, 6.45) is 64.3. The molecule has 0 bridgehead atoms. The molecule has 0 heterocycles. The van der Waals surface area contributed by atoms with E-state index < -0.39 is 57.8 Å². The van der Waals surface area contributed by atoms with Crippen molar-refractivity contribution >= 4 is 25.7 Å². The van der Waals surface area contributed by atoms with Gasteiger partial charge in [0.25, 0.3) is 0 Å². The smallest absolute Gasteiger partial charge is 0.462 e. The second-order valence-corrected chi connectivity index (χ2v) is 20.9. The molecule has 2 N–H and O–H groups in total. The van der Waals surface area contributed by atoms with Crippen LogP contribution < -0.4 is 0 Å². The third kappa shape index (κ3) is 53.5. The van der Waals surface area contributed by atoms with Crippen molar-refractivity contribution in [2.45, 2.75) is 264 Å². The van der Waals surface area contributed by atoms with Crippen LogP contribution in [0.5, 0.6) is 0 Å². The second kappa shape index (κ2) is 55.9. The number of rotatable bonds is 54. The lowest BCUT2D eigenvalue weighted by atomic mass is 10.0. The molecule has 3 unspecified atom stereocenters. The Labute approximate surface area is 451 Å². The third-order valence-corrected chi connectivity index (χ3v) is 13.3. The van der Waals surface area contributed by atoms with Crippen molar-refractivity contribution in [2.75, 3.05) is 26.4 Å². The van der Waals surface area contributed by atoms with E-state index in [1.54, 1.807) is 6.08 Å². The highest BCUT2D eigenvalue weighted by Crippen LogP contribution is 2.43. The van der Waals surface area contributed by atoms with E-state index in [0.717, 1.165) is 83.5 Å². The second-order valence-electron chi connectivity index (χ2n) is 19.4. The minimum absolute atomic E-state index is 0.0677. The quantitative estimate of drug-likeness (QED) is 0.0197. The molecule has 0 radical (unpaired) electrons. The molecule has 0 amide bonds. The Morgan fingerprint density at radius 1 is 0.405 bits per heavy atom. The van der Waals surface area contributed by atoms with E-state index in [2.05, 4.69) is 87.6 Å². The van der Waals surface area contributed by atoms with E-state index in [1.807, 2.05) is 12.2 Å². The van der Waals surface area contributed by atoms with Gasteiger partial charge in [0.1, 0.15) is 12.7 Å². The summed E-state index contributed by atoms with van der Waals surface area (Å²) in [4.78, 5) is 48.5. The molecule has 0 saturated heterocycles. The zero-order chi connectivity index (χ0) is 54.1. The highest BCUT2D eigenvalue weighted by Gasteiger charge is 2.28. The number of carbonyl (C=O) groups is 3. The summed E-state index contributed by atoms with van der Waals surface area (Å²) in [5.74, 6) is -1.62. The van der Waals surface area contributed by atoms with Gasteiger partial charge in [-0.25, -0.2) is 4.57 Å². The zero-order valence-corrected chi connectivity index (χ0v) is 47.9. The maximum absolute atomic E-state index is 12.9. The lowest BCUT2D eigenvalue weighted by molar-refractivity contribution is -0.160. The van der Waals surface area contributed by atoms with E-state index in [1.165, 1.54) is 109 Å². The summed E-state index contributed by atoms with van der Waals surface area (Å²) in [5.41, 5.74) is 0. The summed E-state index contributed by atoms with van der Waals surface area (Å²) < 4.78 is 39.4. The molecule has 0 saturated carbocycles. The highest BCUT2D eigenvalue weighted by molar-refractivity contribution is 7.47. The van der Waals surface area contributed by atoms with Crippen LogP contribution in [0.1, 0.15) is 252 Å². The van der Waals surface area contributed by atoms with Gasteiger partial charge in [0.2, 0.25) is 0 Å². The number of hydrogen-bond donors (Lipinski definition) is 2. The minimum atomic E-state index is -4.78. The molecular formula is C62H107O11P. The highest BCUT2D eigenvalue weighted by atomic mass is 31.2. The van der Waals surface area contributed by atoms with E-state index in [0.29, 0.717) is 19.3 Å². The number of allylic oxidation sites excluding steroid dienone is 13. The van der Waals surface area contributed by atoms with Gasteiger partial charge >= 0.3 is 25.7 Å². The maximum atomic E-state index is 12.9. The molecule has 0 aromatic rings. The molecule has 0 fully saturated rings. The predicted octanol–water partition coefficient (Wildman–Crippen LogP) is 17.5. The number of ether oxygens (including phenoxy) is 3. The number of phosphoric acid groups is 1. The fraction of sp³-hybridized carbons (Fsp3) is 0.726. The van der Waals surface area contributed by atoms with Crippen molar-refractivity contribution in [3.63, 3.8) is 0 Å². The number of hydrogen-bond acceptors (Lipinski definition) is 10. The predicted molar refractivity (Wildman–Crippen MR) is 307 cm³/mol. The Morgan fingerprint density at radius 3 is 1.22 bits per heavy atom. The molecule has 0 aromatic heterocycles. The molecule has 0 aliphatic rings. The summed E-state index contributed by atoms with van der Waals surface area (Å²) in [6, 6.07) is 0. The largest absolute Gasteiger partial charge is 0.472 e. The number of unbranched alkanes of at least 4 members (excludes halogenated alkanes) is 24. The van der Waals surface area contributed by atoms with Crippen molar-refractivity contribution in [2.24, 2.45) is 0 Å². The topological polar surface area (TPSA) is 155 Å². The number of aliphatic hydroxyl groups excluding tert-OH is 1. The first-order valence-corrected chi connectivity index (χ1v) is 31.0. The average Bonchev–Trinajstić information content (AvgIpc) is 3.39. The van der Waals surface area contributed by atoms with Crippen LogP contribution in [0.4, 0.5) is 0 Å². The normalized spacial score (nSPS) is 14.0.